The van der Waals surface area contributed by atoms with Crippen LogP contribution in [0.5, 0.6) is 0 Å². The maximum absolute atomic E-state index is 9.27. The van der Waals surface area contributed by atoms with Crippen LogP contribution in [0.4, 0.5) is 0 Å². The average molecular weight is 146 g/mol. The molecule has 0 aliphatic rings. The Kier molecular flexibility index (Phi) is 3.86. The highest BCUT2D eigenvalue weighted by Gasteiger charge is 2.10. The minimum Gasteiger partial charge on any atom is -0.390 e. The van der Waals surface area contributed by atoms with Gasteiger partial charge in [-0.25, -0.2) is 0 Å². The second kappa shape index (κ2) is 3.91. The topological polar surface area (TPSA) is 35.5 Å². The number of rotatable bonds is 4. The summed E-state index contributed by atoms with van der Waals surface area (Å²) in [6.07, 6.45) is 0.769. The predicted molar refractivity (Wildman–Crippen MR) is 42.6 cm³/mol. The van der Waals surface area contributed by atoms with Crippen LogP contribution in [0.1, 0.15) is 20.3 Å². The van der Waals surface area contributed by atoms with Crippen LogP contribution in [0.25, 0.3) is 0 Å². The molecule has 0 unspecified atom stereocenters. The van der Waals surface area contributed by atoms with Crippen molar-refractivity contribution in [1.29, 1.82) is 0 Å². The molecule has 0 atom stereocenters. The van der Waals surface area contributed by atoms with Crippen LogP contribution in [0.15, 0.2) is 0 Å². The first-order valence-corrected chi connectivity index (χ1v) is 3.55. The van der Waals surface area contributed by atoms with Gasteiger partial charge >= 0.3 is 0 Å². The van der Waals surface area contributed by atoms with Crippen molar-refractivity contribution in [3.63, 3.8) is 0 Å². The van der Waals surface area contributed by atoms with Gasteiger partial charge in [0.15, 0.2) is 0 Å². The van der Waals surface area contributed by atoms with Crippen LogP contribution in [-0.2, 0) is 0 Å². The molecule has 0 amide bonds. The van der Waals surface area contributed by atoms with E-state index in [-0.39, 0.29) is 0 Å². The number of hydrogen-bond donors (Lipinski definition) is 2. The van der Waals surface area contributed by atoms with E-state index in [4.69, 9.17) is 0 Å². The Balaban J connectivity index is 3.21. The molecule has 10 heavy (non-hydrogen) atoms. The van der Waals surface area contributed by atoms with E-state index in [9.17, 15) is 5.11 Å². The summed E-state index contributed by atoms with van der Waals surface area (Å²) in [5.41, 5.74) is 2.52. The van der Waals surface area contributed by atoms with Gasteiger partial charge in [0.05, 0.1) is 5.60 Å². The Labute approximate surface area is 63.0 Å². The Bertz CT molecular complexity index is 86.1. The van der Waals surface area contributed by atoms with Gasteiger partial charge in [0.25, 0.3) is 0 Å². The molecule has 0 rings (SSSR count). The van der Waals surface area contributed by atoms with Gasteiger partial charge in [-0.3, -0.25) is 10.4 Å². The molecule has 0 saturated heterocycles. The highest BCUT2D eigenvalue weighted by Crippen LogP contribution is 2.04. The van der Waals surface area contributed by atoms with Crippen LogP contribution in [-0.4, -0.2) is 36.4 Å². The summed E-state index contributed by atoms with van der Waals surface area (Å²) in [5, 5.41) is 11.2. The summed E-state index contributed by atoms with van der Waals surface area (Å²) in [7, 11) is 3.87. The molecule has 0 bridgehead atoms. The molecular weight excluding hydrogens is 128 g/mol. The van der Waals surface area contributed by atoms with Crippen molar-refractivity contribution < 1.29 is 5.11 Å². The van der Waals surface area contributed by atoms with E-state index >= 15 is 0 Å². The number of hydrazine groups is 1. The van der Waals surface area contributed by atoms with Crippen LogP contribution >= 0.6 is 0 Å². The highest BCUT2D eigenvalue weighted by molar-refractivity contribution is 4.64. The Hall–Kier alpha value is -0.120. The van der Waals surface area contributed by atoms with E-state index < -0.39 is 5.60 Å². The largest absolute Gasteiger partial charge is 0.390 e. The zero-order valence-corrected chi connectivity index (χ0v) is 7.31. The van der Waals surface area contributed by atoms with Crippen LogP contribution in [0, 0.1) is 0 Å². The van der Waals surface area contributed by atoms with Crippen molar-refractivity contribution in [2.45, 2.75) is 25.9 Å². The van der Waals surface area contributed by atoms with Gasteiger partial charge in [0.1, 0.15) is 0 Å². The standard InChI is InChI=1S/C7H18N2O/c1-7(2,10)5-6-8-9(3)4/h8,10H,5-6H2,1-4H3. The Morgan fingerprint density at radius 2 is 1.90 bits per heavy atom. The molecule has 2 N–H and O–H groups in total. The van der Waals surface area contributed by atoms with Crippen LogP contribution in [0.3, 0.4) is 0 Å². The summed E-state index contributed by atoms with van der Waals surface area (Å²) in [5.74, 6) is 0. The lowest BCUT2D eigenvalue weighted by Gasteiger charge is -2.19. The molecule has 0 aliphatic carbocycles. The predicted octanol–water partition coefficient (Wildman–Crippen LogP) is 0.214. The minimum absolute atomic E-state index is 0.553. The molecule has 0 aromatic heterocycles. The lowest BCUT2D eigenvalue weighted by atomic mass is 10.1. The van der Waals surface area contributed by atoms with Crippen molar-refractivity contribution >= 4 is 0 Å². The van der Waals surface area contributed by atoms with Crippen molar-refractivity contribution in [2.24, 2.45) is 0 Å². The van der Waals surface area contributed by atoms with Crippen molar-refractivity contribution in [1.82, 2.24) is 10.4 Å². The summed E-state index contributed by atoms with van der Waals surface area (Å²) in [4.78, 5) is 0. The fraction of sp³-hybridized carbons (Fsp3) is 1.00. The molecule has 0 aromatic rings. The first-order chi connectivity index (χ1) is 4.42. The second-order valence-corrected chi connectivity index (χ2v) is 3.36. The number of aliphatic hydroxyl groups is 1. The summed E-state index contributed by atoms with van der Waals surface area (Å²) in [6.45, 7) is 4.44. The van der Waals surface area contributed by atoms with Gasteiger partial charge in [0.2, 0.25) is 0 Å². The lowest BCUT2D eigenvalue weighted by molar-refractivity contribution is 0.0656. The maximum Gasteiger partial charge on any atom is 0.0604 e. The Morgan fingerprint density at radius 1 is 1.40 bits per heavy atom. The van der Waals surface area contributed by atoms with Crippen molar-refractivity contribution in [2.75, 3.05) is 20.6 Å². The number of nitrogens with one attached hydrogen (secondary N) is 1. The third kappa shape index (κ3) is 7.88. The van der Waals surface area contributed by atoms with E-state index in [1.165, 1.54) is 0 Å². The van der Waals surface area contributed by atoms with Crippen LogP contribution < -0.4 is 5.43 Å². The first-order valence-electron chi connectivity index (χ1n) is 3.55. The van der Waals surface area contributed by atoms with E-state index in [0.717, 1.165) is 13.0 Å². The number of nitrogens with zero attached hydrogens (tertiary/aromatic N) is 1. The molecule has 0 aromatic carbocycles. The van der Waals surface area contributed by atoms with Gasteiger partial charge in [0, 0.05) is 20.6 Å². The van der Waals surface area contributed by atoms with Crippen molar-refractivity contribution in [3.8, 4) is 0 Å². The Morgan fingerprint density at radius 3 is 2.20 bits per heavy atom. The van der Waals surface area contributed by atoms with E-state index in [1.54, 1.807) is 0 Å². The molecule has 0 radical (unpaired) electrons. The SMILES string of the molecule is CN(C)NCCC(C)(C)O. The third-order valence-corrected chi connectivity index (χ3v) is 1.16. The maximum atomic E-state index is 9.27. The normalized spacial score (nSPS) is 12.6. The average Bonchev–Trinajstić information content (AvgIpc) is 1.59. The van der Waals surface area contributed by atoms with Gasteiger partial charge < -0.3 is 5.11 Å². The summed E-state index contributed by atoms with van der Waals surface area (Å²) in [6, 6.07) is 0. The highest BCUT2D eigenvalue weighted by atomic mass is 16.3. The zero-order chi connectivity index (χ0) is 8.20. The molecule has 3 nitrogen and oxygen atoms in total. The van der Waals surface area contributed by atoms with E-state index in [1.807, 2.05) is 33.0 Å². The summed E-state index contributed by atoms with van der Waals surface area (Å²) >= 11 is 0. The quantitative estimate of drug-likeness (QED) is 0.557. The minimum atomic E-state index is -0.553. The van der Waals surface area contributed by atoms with Crippen LogP contribution in [0.2, 0.25) is 0 Å². The third-order valence-electron chi connectivity index (χ3n) is 1.16. The molecule has 0 aliphatic heterocycles. The summed E-state index contributed by atoms with van der Waals surface area (Å²) < 4.78 is 0. The smallest absolute Gasteiger partial charge is 0.0604 e. The second-order valence-electron chi connectivity index (χ2n) is 3.36. The van der Waals surface area contributed by atoms with E-state index in [2.05, 4.69) is 5.43 Å². The molecular formula is C7H18N2O. The van der Waals surface area contributed by atoms with Gasteiger partial charge in [-0.05, 0) is 20.3 Å². The number of hydrogen-bond acceptors (Lipinski definition) is 3. The molecule has 0 heterocycles. The molecule has 3 heteroatoms. The molecule has 62 valence electrons. The van der Waals surface area contributed by atoms with Gasteiger partial charge in [-0.1, -0.05) is 0 Å². The first kappa shape index (κ1) is 9.88. The van der Waals surface area contributed by atoms with Gasteiger partial charge in [-0.15, -0.1) is 0 Å². The monoisotopic (exact) mass is 146 g/mol. The van der Waals surface area contributed by atoms with E-state index in [0.29, 0.717) is 0 Å². The molecule has 0 saturated carbocycles. The fourth-order valence-corrected chi connectivity index (χ4v) is 0.585. The zero-order valence-electron chi connectivity index (χ0n) is 7.31. The van der Waals surface area contributed by atoms with Crippen molar-refractivity contribution in [3.05, 3.63) is 0 Å². The molecule has 0 spiro atoms. The lowest BCUT2D eigenvalue weighted by Crippen LogP contribution is -2.35. The fourth-order valence-electron chi connectivity index (χ4n) is 0.585. The molecule has 0 fully saturated rings. The van der Waals surface area contributed by atoms with Gasteiger partial charge in [-0.2, -0.15) is 0 Å².